The molecule has 0 bridgehead atoms. The zero-order valence-corrected chi connectivity index (χ0v) is 16.3. The van der Waals surface area contributed by atoms with Crippen LogP contribution in [0.1, 0.15) is 16.3 Å². The maximum Gasteiger partial charge on any atom is 0.292 e. The lowest BCUT2D eigenvalue weighted by atomic mass is 10.3. The van der Waals surface area contributed by atoms with Gasteiger partial charge in [0.15, 0.2) is 10.9 Å². The van der Waals surface area contributed by atoms with Crippen molar-refractivity contribution >= 4 is 29.2 Å². The van der Waals surface area contributed by atoms with Crippen LogP contribution in [0.2, 0.25) is 0 Å². The molecule has 1 N–H and O–H groups in total. The molecule has 3 aromatic rings. The van der Waals surface area contributed by atoms with E-state index in [9.17, 15) is 4.79 Å². The van der Waals surface area contributed by atoms with Crippen molar-refractivity contribution in [3.8, 4) is 0 Å². The molecule has 1 aliphatic heterocycles. The molecule has 9 heteroatoms. The molecule has 146 valence electrons. The third-order valence-corrected chi connectivity index (χ3v) is 5.45. The summed E-state index contributed by atoms with van der Waals surface area (Å²) < 4.78 is 12.9. The number of furan rings is 1. The smallest absolute Gasteiger partial charge is 0.292 e. The predicted octanol–water partition coefficient (Wildman–Crippen LogP) is 2.79. The lowest BCUT2D eigenvalue weighted by Crippen LogP contribution is -2.36. The second-order valence-corrected chi connectivity index (χ2v) is 7.27. The third-order valence-electron chi connectivity index (χ3n) is 4.37. The molecular formula is C19H21N5O3S. The van der Waals surface area contributed by atoms with Gasteiger partial charge in [0.2, 0.25) is 0 Å². The van der Waals surface area contributed by atoms with Gasteiger partial charge in [-0.2, -0.15) is 0 Å². The van der Waals surface area contributed by atoms with Crippen molar-refractivity contribution in [2.24, 2.45) is 7.05 Å². The summed E-state index contributed by atoms with van der Waals surface area (Å²) in [6, 6.07) is 7.22. The van der Waals surface area contributed by atoms with Gasteiger partial charge in [0.25, 0.3) is 5.91 Å². The van der Waals surface area contributed by atoms with E-state index in [1.165, 1.54) is 0 Å². The number of morpholine rings is 1. The number of aryl methyl sites for hydroxylation is 1. The van der Waals surface area contributed by atoms with Crippen LogP contribution < -0.4 is 10.2 Å². The highest BCUT2D eigenvalue weighted by Crippen LogP contribution is 2.22. The molecule has 0 aliphatic carbocycles. The van der Waals surface area contributed by atoms with Crippen LogP contribution in [-0.4, -0.2) is 46.7 Å². The summed E-state index contributed by atoms with van der Waals surface area (Å²) in [4.78, 5) is 23.2. The lowest BCUT2D eigenvalue weighted by molar-refractivity contribution is 0.0995. The molecule has 4 heterocycles. The van der Waals surface area contributed by atoms with Crippen LogP contribution in [0.25, 0.3) is 0 Å². The molecule has 1 aliphatic rings. The molecule has 8 nitrogen and oxygen atoms in total. The molecule has 0 saturated carbocycles. The van der Waals surface area contributed by atoms with Gasteiger partial charge in [0.05, 0.1) is 30.9 Å². The topological polar surface area (TPSA) is 85.4 Å². The van der Waals surface area contributed by atoms with Crippen LogP contribution >= 0.6 is 11.8 Å². The predicted molar refractivity (Wildman–Crippen MR) is 107 cm³/mol. The molecule has 28 heavy (non-hydrogen) atoms. The number of hydrogen-bond donors (Lipinski definition) is 1. The number of ether oxygens (including phenoxy) is 1. The first kappa shape index (κ1) is 18.6. The number of imidazole rings is 1. The Morgan fingerprint density at radius 3 is 2.79 bits per heavy atom. The summed E-state index contributed by atoms with van der Waals surface area (Å²) in [6.07, 6.45) is 5.40. The van der Waals surface area contributed by atoms with Gasteiger partial charge in [0, 0.05) is 32.5 Å². The number of hydrogen-bond acceptors (Lipinski definition) is 7. The van der Waals surface area contributed by atoms with Gasteiger partial charge >= 0.3 is 0 Å². The second kappa shape index (κ2) is 8.49. The van der Waals surface area contributed by atoms with E-state index in [4.69, 9.17) is 9.15 Å². The van der Waals surface area contributed by atoms with Crippen LogP contribution in [0.4, 0.5) is 11.5 Å². The van der Waals surface area contributed by atoms with Crippen molar-refractivity contribution in [2.45, 2.75) is 10.9 Å². The standard InChI is InChI=1S/C19H21N5O3S/c1-23-7-6-20-19(23)28-13-15-3-4-16(27-15)18(25)22-17-5-2-14(12-21-17)24-8-10-26-11-9-24/h2-7,12H,8-11,13H2,1H3,(H,21,22,25). The number of aromatic nitrogens is 3. The van der Waals surface area contributed by atoms with E-state index < -0.39 is 0 Å². The highest BCUT2D eigenvalue weighted by atomic mass is 32.2. The summed E-state index contributed by atoms with van der Waals surface area (Å²) in [7, 11) is 1.94. The monoisotopic (exact) mass is 399 g/mol. The number of pyridine rings is 1. The molecule has 0 aromatic carbocycles. The first-order chi connectivity index (χ1) is 13.7. The Morgan fingerprint density at radius 1 is 1.21 bits per heavy atom. The Bertz CT molecular complexity index is 931. The van der Waals surface area contributed by atoms with Gasteiger partial charge in [-0.25, -0.2) is 9.97 Å². The van der Waals surface area contributed by atoms with E-state index in [1.54, 1.807) is 42.4 Å². The molecule has 4 rings (SSSR count). The Balaban J connectivity index is 1.33. The van der Waals surface area contributed by atoms with Crippen molar-refractivity contribution in [1.29, 1.82) is 0 Å². The molecule has 1 fully saturated rings. The quantitative estimate of drug-likeness (QED) is 0.638. The van der Waals surface area contributed by atoms with E-state index in [1.807, 2.05) is 23.9 Å². The van der Waals surface area contributed by atoms with Crippen LogP contribution in [0.15, 0.2) is 52.4 Å². The Labute approximate surface area is 166 Å². The third kappa shape index (κ3) is 4.37. The van der Waals surface area contributed by atoms with E-state index in [0.29, 0.717) is 17.3 Å². The number of amides is 1. The van der Waals surface area contributed by atoms with Crippen LogP contribution in [-0.2, 0) is 17.5 Å². The zero-order chi connectivity index (χ0) is 19.3. The maximum absolute atomic E-state index is 12.4. The Morgan fingerprint density at radius 2 is 2.07 bits per heavy atom. The van der Waals surface area contributed by atoms with Crippen LogP contribution in [0, 0.1) is 0 Å². The fourth-order valence-corrected chi connectivity index (χ4v) is 3.68. The number of rotatable bonds is 6. The highest BCUT2D eigenvalue weighted by Gasteiger charge is 2.14. The number of carbonyl (C=O) groups is 1. The first-order valence-electron chi connectivity index (χ1n) is 8.98. The molecule has 3 aromatic heterocycles. The second-order valence-electron chi connectivity index (χ2n) is 6.33. The molecule has 0 spiro atoms. The first-order valence-corrected chi connectivity index (χ1v) is 9.96. The summed E-state index contributed by atoms with van der Waals surface area (Å²) in [5, 5.41) is 3.67. The average Bonchev–Trinajstić information content (AvgIpc) is 3.36. The number of anilines is 2. The summed E-state index contributed by atoms with van der Waals surface area (Å²) in [5.41, 5.74) is 1.02. The van der Waals surface area contributed by atoms with E-state index in [0.717, 1.165) is 37.1 Å². The summed E-state index contributed by atoms with van der Waals surface area (Å²) in [6.45, 7) is 3.13. The van der Waals surface area contributed by atoms with Crippen molar-refractivity contribution in [3.63, 3.8) is 0 Å². The SMILES string of the molecule is Cn1ccnc1SCc1ccc(C(=O)Nc2ccc(N3CCOCC3)cn2)o1. The fraction of sp³-hybridized carbons (Fsp3) is 0.316. The number of nitrogens with zero attached hydrogens (tertiary/aromatic N) is 4. The zero-order valence-electron chi connectivity index (χ0n) is 15.5. The van der Waals surface area contributed by atoms with E-state index in [2.05, 4.69) is 20.2 Å². The minimum Gasteiger partial charge on any atom is -0.455 e. The van der Waals surface area contributed by atoms with Gasteiger partial charge < -0.3 is 23.9 Å². The van der Waals surface area contributed by atoms with Crippen molar-refractivity contribution in [2.75, 3.05) is 36.5 Å². The minimum absolute atomic E-state index is 0.259. The van der Waals surface area contributed by atoms with Gasteiger partial charge in [-0.15, -0.1) is 0 Å². The van der Waals surface area contributed by atoms with E-state index in [-0.39, 0.29) is 11.7 Å². The number of nitrogens with one attached hydrogen (secondary N) is 1. The van der Waals surface area contributed by atoms with Gasteiger partial charge in [0.1, 0.15) is 11.6 Å². The minimum atomic E-state index is -0.320. The average molecular weight is 399 g/mol. The van der Waals surface area contributed by atoms with Crippen molar-refractivity contribution < 1.29 is 13.9 Å². The molecule has 0 radical (unpaired) electrons. The normalized spacial score (nSPS) is 14.2. The van der Waals surface area contributed by atoms with Crippen molar-refractivity contribution in [1.82, 2.24) is 14.5 Å². The molecule has 1 saturated heterocycles. The van der Waals surface area contributed by atoms with Gasteiger partial charge in [-0.1, -0.05) is 11.8 Å². The lowest BCUT2D eigenvalue weighted by Gasteiger charge is -2.28. The Kier molecular flexibility index (Phi) is 5.63. The maximum atomic E-state index is 12.4. The van der Waals surface area contributed by atoms with E-state index >= 15 is 0 Å². The van der Waals surface area contributed by atoms with Crippen LogP contribution in [0.3, 0.4) is 0 Å². The summed E-state index contributed by atoms with van der Waals surface area (Å²) >= 11 is 1.55. The molecule has 1 amide bonds. The van der Waals surface area contributed by atoms with Gasteiger partial charge in [-0.3, -0.25) is 4.79 Å². The van der Waals surface area contributed by atoms with Crippen LogP contribution in [0.5, 0.6) is 0 Å². The van der Waals surface area contributed by atoms with Gasteiger partial charge in [-0.05, 0) is 24.3 Å². The van der Waals surface area contributed by atoms with Crippen molar-refractivity contribution in [3.05, 3.63) is 54.4 Å². The largest absolute Gasteiger partial charge is 0.455 e. The molecular weight excluding hydrogens is 378 g/mol. The number of carbonyl (C=O) groups excluding carboxylic acids is 1. The highest BCUT2D eigenvalue weighted by molar-refractivity contribution is 7.98. The molecule has 0 unspecified atom stereocenters. The Hall–Kier alpha value is -2.78. The number of thioether (sulfide) groups is 1. The summed E-state index contributed by atoms with van der Waals surface area (Å²) in [5.74, 6) is 1.75. The molecule has 0 atom stereocenters. The fourth-order valence-electron chi connectivity index (χ4n) is 2.85.